The molecule has 4 aromatic rings. The predicted octanol–water partition coefficient (Wildman–Crippen LogP) is 6.82. The summed E-state index contributed by atoms with van der Waals surface area (Å²) in [6.07, 6.45) is 0.573. The van der Waals surface area contributed by atoms with E-state index in [9.17, 15) is 14.7 Å². The third-order valence-electron chi connectivity index (χ3n) is 5.35. The Balaban J connectivity index is 1.78. The van der Waals surface area contributed by atoms with E-state index in [1.54, 1.807) is 48.5 Å². The molecule has 0 aliphatic rings. The fourth-order valence-electron chi connectivity index (χ4n) is 3.69. The van der Waals surface area contributed by atoms with Crippen LogP contribution in [0.5, 0.6) is 17.2 Å². The zero-order chi connectivity index (χ0) is 25.5. The number of azo groups is 1. The molecule has 0 fully saturated rings. The molecule has 0 spiro atoms. The number of ether oxygens (including phenoxy) is 2. The molecule has 2 N–H and O–H groups in total. The SMILES string of the molecule is CCOc1cc(NC(=O)c2ccccc2)c(OCC)cc1/N=N/c1c(O)c(C=O)cc2ccccc12. The lowest BCUT2D eigenvalue weighted by Gasteiger charge is -2.15. The van der Waals surface area contributed by atoms with Crippen LogP contribution in [-0.4, -0.2) is 30.5 Å². The highest BCUT2D eigenvalue weighted by Gasteiger charge is 2.17. The minimum atomic E-state index is -0.296. The van der Waals surface area contributed by atoms with Gasteiger partial charge in [0.25, 0.3) is 5.91 Å². The number of fused-ring (bicyclic) bond motifs is 1. The van der Waals surface area contributed by atoms with Crippen molar-refractivity contribution in [3.8, 4) is 17.2 Å². The Morgan fingerprint density at radius 1 is 0.917 bits per heavy atom. The Hall–Kier alpha value is -4.72. The van der Waals surface area contributed by atoms with Crippen molar-refractivity contribution < 1.29 is 24.2 Å². The second kappa shape index (κ2) is 11.1. The Labute approximate surface area is 208 Å². The lowest BCUT2D eigenvalue weighted by molar-refractivity contribution is 0.102. The van der Waals surface area contributed by atoms with Crippen LogP contribution in [0.3, 0.4) is 0 Å². The van der Waals surface area contributed by atoms with E-state index in [1.165, 1.54) is 0 Å². The third kappa shape index (κ3) is 5.17. The lowest BCUT2D eigenvalue weighted by atomic mass is 10.0. The van der Waals surface area contributed by atoms with Crippen molar-refractivity contribution in [1.82, 2.24) is 0 Å². The molecule has 1 amide bonds. The first kappa shape index (κ1) is 24.4. The van der Waals surface area contributed by atoms with Crippen LogP contribution in [-0.2, 0) is 0 Å². The minimum Gasteiger partial charge on any atom is -0.505 e. The van der Waals surface area contributed by atoms with Crippen LogP contribution in [0.1, 0.15) is 34.6 Å². The average molecular weight is 484 g/mol. The summed E-state index contributed by atoms with van der Waals surface area (Å²) in [5.41, 5.74) is 1.53. The van der Waals surface area contributed by atoms with Crippen LogP contribution in [0.2, 0.25) is 0 Å². The quantitative estimate of drug-likeness (QED) is 0.200. The lowest BCUT2D eigenvalue weighted by Crippen LogP contribution is -2.13. The highest BCUT2D eigenvalue weighted by molar-refractivity contribution is 6.05. The van der Waals surface area contributed by atoms with Crippen molar-refractivity contribution in [2.45, 2.75) is 13.8 Å². The van der Waals surface area contributed by atoms with E-state index in [-0.39, 0.29) is 22.9 Å². The van der Waals surface area contributed by atoms with Gasteiger partial charge in [0.05, 0.1) is 24.5 Å². The zero-order valence-electron chi connectivity index (χ0n) is 19.9. The van der Waals surface area contributed by atoms with Gasteiger partial charge in [-0.15, -0.1) is 10.2 Å². The number of rotatable bonds is 9. The second-order valence-electron chi connectivity index (χ2n) is 7.70. The number of phenolic OH excluding ortho intramolecular Hbond substituents is 1. The van der Waals surface area contributed by atoms with E-state index in [2.05, 4.69) is 15.5 Å². The maximum atomic E-state index is 12.8. The van der Waals surface area contributed by atoms with Gasteiger partial charge in [0.1, 0.15) is 22.9 Å². The molecule has 0 aromatic heterocycles. The summed E-state index contributed by atoms with van der Waals surface area (Å²) in [5.74, 6) is 0.191. The summed E-state index contributed by atoms with van der Waals surface area (Å²) in [5, 5.41) is 23.5. The molecule has 8 heteroatoms. The third-order valence-corrected chi connectivity index (χ3v) is 5.35. The number of hydrogen-bond acceptors (Lipinski definition) is 7. The van der Waals surface area contributed by atoms with Gasteiger partial charge >= 0.3 is 0 Å². The zero-order valence-corrected chi connectivity index (χ0v) is 19.9. The molecule has 36 heavy (non-hydrogen) atoms. The molecule has 8 nitrogen and oxygen atoms in total. The largest absolute Gasteiger partial charge is 0.505 e. The number of carbonyl (C=O) groups is 2. The van der Waals surface area contributed by atoms with Gasteiger partial charge < -0.3 is 19.9 Å². The van der Waals surface area contributed by atoms with Crippen molar-refractivity contribution in [2.24, 2.45) is 10.2 Å². The monoisotopic (exact) mass is 483 g/mol. The molecule has 182 valence electrons. The van der Waals surface area contributed by atoms with Gasteiger partial charge in [-0.1, -0.05) is 42.5 Å². The number of amides is 1. The van der Waals surface area contributed by atoms with Crippen LogP contribution in [0.25, 0.3) is 10.8 Å². The van der Waals surface area contributed by atoms with Crippen molar-refractivity contribution in [2.75, 3.05) is 18.5 Å². The topological polar surface area (TPSA) is 110 Å². The Morgan fingerprint density at radius 3 is 2.33 bits per heavy atom. The number of hydrogen-bond donors (Lipinski definition) is 2. The highest BCUT2D eigenvalue weighted by Crippen LogP contribution is 2.42. The van der Waals surface area contributed by atoms with Gasteiger partial charge in [0.15, 0.2) is 12.0 Å². The molecule has 0 bridgehead atoms. The number of nitrogens with zero attached hydrogens (tertiary/aromatic N) is 2. The van der Waals surface area contributed by atoms with E-state index in [4.69, 9.17) is 9.47 Å². The highest BCUT2D eigenvalue weighted by atomic mass is 16.5. The van der Waals surface area contributed by atoms with E-state index in [0.29, 0.717) is 53.3 Å². The van der Waals surface area contributed by atoms with Gasteiger partial charge in [-0.05, 0) is 37.4 Å². The van der Waals surface area contributed by atoms with E-state index < -0.39 is 0 Å². The summed E-state index contributed by atoms with van der Waals surface area (Å²) in [6, 6.07) is 20.9. The molecule has 4 aromatic carbocycles. The number of carbonyl (C=O) groups excluding carboxylic acids is 2. The van der Waals surface area contributed by atoms with E-state index in [1.807, 2.05) is 38.1 Å². The van der Waals surface area contributed by atoms with Crippen molar-refractivity contribution in [3.63, 3.8) is 0 Å². The first-order valence-corrected chi connectivity index (χ1v) is 11.5. The molecule has 0 radical (unpaired) electrons. The minimum absolute atomic E-state index is 0.113. The van der Waals surface area contributed by atoms with Crippen LogP contribution in [0.4, 0.5) is 17.1 Å². The van der Waals surface area contributed by atoms with Gasteiger partial charge in [-0.25, -0.2) is 0 Å². The summed E-state index contributed by atoms with van der Waals surface area (Å²) in [6.45, 7) is 4.35. The second-order valence-corrected chi connectivity index (χ2v) is 7.70. The molecular weight excluding hydrogens is 458 g/mol. The maximum absolute atomic E-state index is 12.8. The van der Waals surface area contributed by atoms with E-state index >= 15 is 0 Å². The molecule has 0 heterocycles. The Bertz CT molecular complexity index is 1430. The molecule has 4 rings (SSSR count). The van der Waals surface area contributed by atoms with Crippen LogP contribution in [0.15, 0.2) is 83.0 Å². The van der Waals surface area contributed by atoms with Gasteiger partial charge in [0, 0.05) is 23.1 Å². The predicted molar refractivity (Wildman–Crippen MR) is 138 cm³/mol. The molecule has 0 aliphatic heterocycles. The van der Waals surface area contributed by atoms with Gasteiger partial charge in [-0.2, -0.15) is 0 Å². The maximum Gasteiger partial charge on any atom is 0.255 e. The molecule has 0 aliphatic carbocycles. The smallest absolute Gasteiger partial charge is 0.255 e. The van der Waals surface area contributed by atoms with E-state index in [0.717, 1.165) is 5.39 Å². The first-order valence-electron chi connectivity index (χ1n) is 11.5. The van der Waals surface area contributed by atoms with Crippen LogP contribution in [0, 0.1) is 0 Å². The molecule has 0 saturated carbocycles. The first-order chi connectivity index (χ1) is 17.5. The fourth-order valence-corrected chi connectivity index (χ4v) is 3.69. The number of anilines is 1. The number of nitrogens with one attached hydrogen (secondary N) is 1. The summed E-state index contributed by atoms with van der Waals surface area (Å²) < 4.78 is 11.5. The van der Waals surface area contributed by atoms with Crippen molar-refractivity contribution in [3.05, 3.63) is 83.9 Å². The van der Waals surface area contributed by atoms with Crippen LogP contribution < -0.4 is 14.8 Å². The number of aromatic hydroxyl groups is 1. The van der Waals surface area contributed by atoms with Gasteiger partial charge in [-0.3, -0.25) is 9.59 Å². The number of aldehydes is 1. The molecule has 0 atom stereocenters. The summed E-state index contributed by atoms with van der Waals surface area (Å²) >= 11 is 0. The Kier molecular flexibility index (Phi) is 7.55. The standard InChI is InChI=1S/C28H25N3O5/c1-3-35-24-16-23(25(36-4-2)15-22(24)29-28(34)18-10-6-5-7-11-18)30-31-26-21-13-9-8-12-19(21)14-20(17-32)27(26)33/h5-17,33H,3-4H2,1-2H3,(H,29,34)/b31-30+. The van der Waals surface area contributed by atoms with Gasteiger partial charge in [0.2, 0.25) is 0 Å². The summed E-state index contributed by atoms with van der Waals surface area (Å²) in [7, 11) is 0. The van der Waals surface area contributed by atoms with Crippen molar-refractivity contribution >= 4 is 40.0 Å². The van der Waals surface area contributed by atoms with Crippen LogP contribution >= 0.6 is 0 Å². The average Bonchev–Trinajstić information content (AvgIpc) is 2.90. The number of benzene rings is 4. The molecule has 0 saturated heterocycles. The fraction of sp³-hybridized carbons (Fsp3) is 0.143. The van der Waals surface area contributed by atoms with Crippen molar-refractivity contribution in [1.29, 1.82) is 0 Å². The molecule has 0 unspecified atom stereocenters. The molecular formula is C28H25N3O5. The number of phenols is 1. The summed E-state index contributed by atoms with van der Waals surface area (Å²) in [4.78, 5) is 24.2. The Morgan fingerprint density at radius 2 is 1.61 bits per heavy atom. The normalized spacial score (nSPS) is 10.9.